The van der Waals surface area contributed by atoms with Crippen molar-refractivity contribution in [2.45, 2.75) is 6.54 Å². The van der Waals surface area contributed by atoms with Crippen LogP contribution in [0.1, 0.15) is 15.9 Å². The Labute approximate surface area is 190 Å². The van der Waals surface area contributed by atoms with Crippen LogP contribution in [-0.2, 0) is 16.6 Å². The summed E-state index contributed by atoms with van der Waals surface area (Å²) in [5.74, 6) is -0.383. The maximum Gasteiger partial charge on any atom is 0.255 e. The molecule has 0 unspecified atom stereocenters. The Bertz CT molecular complexity index is 1160. The number of carbonyl (C=O) groups excluding carboxylic acids is 1. The van der Waals surface area contributed by atoms with Crippen LogP contribution in [0.3, 0.4) is 0 Å². The van der Waals surface area contributed by atoms with Gasteiger partial charge in [0.15, 0.2) is 0 Å². The molecule has 30 heavy (non-hydrogen) atoms. The minimum Gasteiger partial charge on any atom is -0.319 e. The Morgan fingerprint density at radius 3 is 2.10 bits per heavy atom. The molecule has 5 nitrogen and oxygen atoms in total. The van der Waals surface area contributed by atoms with E-state index in [-0.39, 0.29) is 12.5 Å². The summed E-state index contributed by atoms with van der Waals surface area (Å²) < 4.78 is 25.8. The van der Waals surface area contributed by atoms with E-state index in [1.54, 1.807) is 66.7 Å². The fourth-order valence-corrected chi connectivity index (χ4v) is 4.32. The highest BCUT2D eigenvalue weighted by Gasteiger charge is 2.19. The van der Waals surface area contributed by atoms with Gasteiger partial charge >= 0.3 is 0 Å². The topological polar surface area (TPSA) is 66.5 Å². The molecule has 156 valence electrons. The molecule has 0 aliphatic rings. The van der Waals surface area contributed by atoms with Gasteiger partial charge in [0.2, 0.25) is 10.0 Å². The van der Waals surface area contributed by atoms with E-state index in [4.69, 9.17) is 34.8 Å². The summed E-state index contributed by atoms with van der Waals surface area (Å²) >= 11 is 18.2. The third-order valence-electron chi connectivity index (χ3n) is 4.24. The molecule has 3 aromatic rings. The van der Waals surface area contributed by atoms with Gasteiger partial charge in [0.1, 0.15) is 0 Å². The number of carbonyl (C=O) groups is 1. The van der Waals surface area contributed by atoms with Crippen molar-refractivity contribution < 1.29 is 13.2 Å². The lowest BCUT2D eigenvalue weighted by molar-refractivity contribution is 0.102. The van der Waals surface area contributed by atoms with Gasteiger partial charge < -0.3 is 5.32 Å². The van der Waals surface area contributed by atoms with Gasteiger partial charge in [0.05, 0.1) is 34.2 Å². The van der Waals surface area contributed by atoms with Crippen molar-refractivity contribution in [2.75, 3.05) is 15.9 Å². The smallest absolute Gasteiger partial charge is 0.255 e. The van der Waals surface area contributed by atoms with E-state index >= 15 is 0 Å². The van der Waals surface area contributed by atoms with Crippen LogP contribution in [0, 0.1) is 0 Å². The minimum absolute atomic E-state index is 0.0947. The highest BCUT2D eigenvalue weighted by molar-refractivity contribution is 7.92. The van der Waals surface area contributed by atoms with Crippen LogP contribution in [0.5, 0.6) is 0 Å². The zero-order valence-electron chi connectivity index (χ0n) is 15.8. The SMILES string of the molecule is CS(=O)(=O)N(Cc1ccc(C(=O)Nc2c(Cl)cccc2Cl)cc1)c1cccc(Cl)c1. The predicted molar refractivity (Wildman–Crippen MR) is 123 cm³/mol. The minimum atomic E-state index is -3.54. The van der Waals surface area contributed by atoms with E-state index in [1.165, 1.54) is 4.31 Å². The summed E-state index contributed by atoms with van der Waals surface area (Å²) in [4.78, 5) is 12.5. The van der Waals surface area contributed by atoms with E-state index < -0.39 is 10.0 Å². The molecular formula is C21H17Cl3N2O3S. The lowest BCUT2D eigenvalue weighted by Crippen LogP contribution is -2.29. The Balaban J connectivity index is 1.80. The van der Waals surface area contributed by atoms with Crippen molar-refractivity contribution in [3.05, 3.63) is 92.9 Å². The first-order valence-corrected chi connectivity index (χ1v) is 11.7. The van der Waals surface area contributed by atoms with E-state index in [0.717, 1.165) is 6.26 Å². The van der Waals surface area contributed by atoms with Crippen LogP contribution < -0.4 is 9.62 Å². The van der Waals surface area contributed by atoms with Crippen LogP contribution >= 0.6 is 34.8 Å². The van der Waals surface area contributed by atoms with Gasteiger partial charge in [0.25, 0.3) is 5.91 Å². The summed E-state index contributed by atoms with van der Waals surface area (Å²) in [5.41, 5.74) is 1.87. The molecule has 0 saturated heterocycles. The molecule has 0 radical (unpaired) electrons. The van der Waals surface area contributed by atoms with Crippen molar-refractivity contribution in [1.29, 1.82) is 0 Å². The Morgan fingerprint density at radius 1 is 0.933 bits per heavy atom. The third-order valence-corrected chi connectivity index (χ3v) is 6.25. The first kappa shape index (κ1) is 22.4. The molecule has 0 heterocycles. The number of nitrogens with zero attached hydrogens (tertiary/aromatic N) is 1. The van der Waals surface area contributed by atoms with Gasteiger partial charge in [0, 0.05) is 10.6 Å². The van der Waals surface area contributed by atoms with Gasteiger partial charge in [-0.3, -0.25) is 9.10 Å². The second-order valence-electron chi connectivity index (χ2n) is 6.50. The fraction of sp³-hybridized carbons (Fsp3) is 0.0952. The lowest BCUT2D eigenvalue weighted by atomic mass is 10.1. The van der Waals surface area contributed by atoms with E-state index in [0.29, 0.717) is 37.6 Å². The molecule has 1 amide bonds. The second kappa shape index (κ2) is 9.27. The van der Waals surface area contributed by atoms with Gasteiger partial charge in [-0.05, 0) is 48.0 Å². The lowest BCUT2D eigenvalue weighted by Gasteiger charge is -2.22. The average Bonchev–Trinajstić information content (AvgIpc) is 2.68. The molecular weight excluding hydrogens is 467 g/mol. The maximum atomic E-state index is 12.5. The van der Waals surface area contributed by atoms with Crippen molar-refractivity contribution in [1.82, 2.24) is 0 Å². The van der Waals surface area contributed by atoms with Crippen LogP contribution in [0.2, 0.25) is 15.1 Å². The number of sulfonamides is 1. The molecule has 0 atom stereocenters. The average molecular weight is 484 g/mol. The summed E-state index contributed by atoms with van der Waals surface area (Å²) in [5, 5.41) is 3.79. The van der Waals surface area contributed by atoms with Crippen LogP contribution in [0.15, 0.2) is 66.7 Å². The number of anilines is 2. The first-order valence-electron chi connectivity index (χ1n) is 8.73. The van der Waals surface area contributed by atoms with Crippen molar-refractivity contribution in [3.63, 3.8) is 0 Å². The predicted octanol–water partition coefficient (Wildman–Crippen LogP) is 5.87. The Hall–Kier alpha value is -2.25. The summed E-state index contributed by atoms with van der Waals surface area (Å²) in [6.45, 7) is 0.0947. The highest BCUT2D eigenvalue weighted by Crippen LogP contribution is 2.30. The van der Waals surface area contributed by atoms with Crippen LogP contribution in [-0.4, -0.2) is 20.6 Å². The van der Waals surface area contributed by atoms with E-state index in [1.807, 2.05) is 0 Å². The van der Waals surface area contributed by atoms with E-state index in [9.17, 15) is 13.2 Å². The normalized spacial score (nSPS) is 11.2. The molecule has 3 rings (SSSR count). The molecule has 0 aliphatic heterocycles. The third kappa shape index (κ3) is 5.46. The van der Waals surface area contributed by atoms with Gasteiger partial charge in [-0.1, -0.05) is 59.1 Å². The number of rotatable bonds is 6. The van der Waals surface area contributed by atoms with Crippen molar-refractivity contribution >= 4 is 62.1 Å². The molecule has 9 heteroatoms. The molecule has 0 fully saturated rings. The molecule has 1 N–H and O–H groups in total. The van der Waals surface area contributed by atoms with Gasteiger partial charge in [-0.15, -0.1) is 0 Å². The van der Waals surface area contributed by atoms with Crippen molar-refractivity contribution in [2.24, 2.45) is 0 Å². The number of benzene rings is 3. The molecule has 0 saturated carbocycles. The highest BCUT2D eigenvalue weighted by atomic mass is 35.5. The maximum absolute atomic E-state index is 12.5. The quantitative estimate of drug-likeness (QED) is 0.477. The summed E-state index contributed by atoms with van der Waals surface area (Å²) in [6.07, 6.45) is 1.13. The van der Waals surface area contributed by atoms with E-state index in [2.05, 4.69) is 5.32 Å². The largest absolute Gasteiger partial charge is 0.319 e. The molecule has 0 aromatic heterocycles. The monoisotopic (exact) mass is 482 g/mol. The number of para-hydroxylation sites is 1. The Morgan fingerprint density at radius 2 is 1.53 bits per heavy atom. The van der Waals surface area contributed by atoms with Crippen LogP contribution in [0.25, 0.3) is 0 Å². The zero-order valence-corrected chi connectivity index (χ0v) is 18.9. The Kier molecular flexibility index (Phi) is 6.93. The second-order valence-corrected chi connectivity index (χ2v) is 9.65. The van der Waals surface area contributed by atoms with Gasteiger partial charge in [-0.25, -0.2) is 8.42 Å². The molecule has 0 spiro atoms. The summed E-state index contributed by atoms with van der Waals surface area (Å²) in [6, 6.07) is 18.1. The molecule has 0 bridgehead atoms. The fourth-order valence-electron chi connectivity index (χ4n) is 2.76. The number of hydrogen-bond donors (Lipinski definition) is 1. The standard InChI is InChI=1S/C21H17Cl3N2O3S/c1-30(28,29)26(17-5-2-4-16(22)12-17)13-14-8-10-15(11-9-14)21(27)25-20-18(23)6-3-7-19(20)24/h2-12H,13H2,1H3,(H,25,27). The van der Waals surface area contributed by atoms with Crippen LogP contribution in [0.4, 0.5) is 11.4 Å². The number of hydrogen-bond acceptors (Lipinski definition) is 3. The molecule has 0 aliphatic carbocycles. The summed E-state index contributed by atoms with van der Waals surface area (Å²) in [7, 11) is -3.54. The molecule has 3 aromatic carbocycles. The van der Waals surface area contributed by atoms with Crippen molar-refractivity contribution in [3.8, 4) is 0 Å². The number of nitrogens with one attached hydrogen (secondary N) is 1. The number of amides is 1. The zero-order chi connectivity index (χ0) is 21.9. The first-order chi connectivity index (χ1) is 14.1. The number of halogens is 3. The van der Waals surface area contributed by atoms with Gasteiger partial charge in [-0.2, -0.15) is 0 Å².